The summed E-state index contributed by atoms with van der Waals surface area (Å²) in [4.78, 5) is 0. The summed E-state index contributed by atoms with van der Waals surface area (Å²) in [5.74, 6) is 0. The third-order valence-electron chi connectivity index (χ3n) is 10.2. The van der Waals surface area contributed by atoms with Crippen molar-refractivity contribution in [1.82, 2.24) is 0 Å². The Balaban J connectivity index is 1.16. The molecule has 0 saturated heterocycles. The molecule has 0 radical (unpaired) electrons. The van der Waals surface area contributed by atoms with E-state index in [4.69, 9.17) is 0 Å². The van der Waals surface area contributed by atoms with Gasteiger partial charge >= 0.3 is 0 Å². The molecule has 0 aliphatic heterocycles. The van der Waals surface area contributed by atoms with Crippen molar-refractivity contribution in [2.24, 2.45) is 0 Å². The Morgan fingerprint density at radius 1 is 0.204 bits per heavy atom. The first-order valence-corrected chi connectivity index (χ1v) is 19.0. The summed E-state index contributed by atoms with van der Waals surface area (Å²) in [7, 11) is -2.56. The number of hydrogen-bond acceptors (Lipinski definition) is 0. The van der Waals surface area contributed by atoms with Gasteiger partial charge in [0, 0.05) is 0 Å². The van der Waals surface area contributed by atoms with Crippen LogP contribution < -0.4 is 20.7 Å². The maximum absolute atomic E-state index is 2.56. The quantitative estimate of drug-likeness (QED) is 0.0966. The lowest BCUT2D eigenvalue weighted by atomic mass is 9.91. The van der Waals surface area contributed by atoms with Gasteiger partial charge in [-0.1, -0.05) is 194 Å². The summed E-state index contributed by atoms with van der Waals surface area (Å²) in [5, 5.41) is 13.4. The van der Waals surface area contributed by atoms with E-state index in [-0.39, 0.29) is 0 Å². The molecule has 0 heterocycles. The second kappa shape index (κ2) is 12.2. The molecule has 0 atom stereocenters. The first-order valence-electron chi connectivity index (χ1n) is 17.0. The van der Waals surface area contributed by atoms with Crippen LogP contribution in [0.25, 0.3) is 54.6 Å². The minimum Gasteiger partial charge on any atom is -0.0623 e. The second-order valence-corrected chi connectivity index (χ2v) is 16.7. The Morgan fingerprint density at radius 3 is 1.04 bits per heavy atom. The summed E-state index contributed by atoms with van der Waals surface area (Å²) in [5.41, 5.74) is 4.90. The van der Waals surface area contributed by atoms with Crippen molar-refractivity contribution in [3.8, 4) is 22.3 Å². The van der Waals surface area contributed by atoms with Gasteiger partial charge in [-0.2, -0.15) is 0 Å². The van der Waals surface area contributed by atoms with Crippen molar-refractivity contribution in [3.05, 3.63) is 206 Å². The molecule has 0 saturated carbocycles. The third-order valence-corrected chi connectivity index (χ3v) is 15.0. The number of hydrogen-bond donors (Lipinski definition) is 0. The highest BCUT2D eigenvalue weighted by Crippen LogP contribution is 2.37. The fraction of sp³-hybridized carbons (Fsp3) is 0. The monoisotopic (exact) mass is 638 g/mol. The van der Waals surface area contributed by atoms with Crippen LogP contribution in [0.3, 0.4) is 0 Å². The summed E-state index contributed by atoms with van der Waals surface area (Å²) in [6.07, 6.45) is 0. The van der Waals surface area contributed by atoms with Gasteiger partial charge < -0.3 is 0 Å². The second-order valence-electron chi connectivity index (χ2n) is 12.9. The SMILES string of the molecule is c1ccc([Si](c2ccccc2)(c2ccccc2)c2ccc(-c3cccc(-c4ccc5c6ccccc6c6ccccc6c5c4)c3)cc2)cc1. The number of fused-ring (bicyclic) bond motifs is 6. The molecule has 0 N–H and O–H groups in total. The summed E-state index contributed by atoms with van der Waals surface area (Å²) in [6.45, 7) is 0. The molecule has 0 fully saturated rings. The van der Waals surface area contributed by atoms with E-state index < -0.39 is 8.07 Å². The van der Waals surface area contributed by atoms with E-state index >= 15 is 0 Å². The molecule has 0 amide bonds. The van der Waals surface area contributed by atoms with Crippen molar-refractivity contribution in [2.75, 3.05) is 0 Å². The zero-order valence-corrected chi connectivity index (χ0v) is 28.1. The molecule has 9 aromatic rings. The molecule has 1 heteroatoms. The molecule has 9 aromatic carbocycles. The van der Waals surface area contributed by atoms with Gasteiger partial charge in [0.2, 0.25) is 0 Å². The molecule has 0 aliphatic carbocycles. The van der Waals surface area contributed by atoms with Crippen LogP contribution >= 0.6 is 0 Å². The molecule has 0 unspecified atom stereocenters. The van der Waals surface area contributed by atoms with Crippen LogP contribution in [0.15, 0.2) is 206 Å². The molecule has 0 spiro atoms. The molecule has 49 heavy (non-hydrogen) atoms. The van der Waals surface area contributed by atoms with Crippen molar-refractivity contribution >= 4 is 61.1 Å². The molecule has 0 aliphatic rings. The lowest BCUT2D eigenvalue weighted by Gasteiger charge is -2.34. The van der Waals surface area contributed by atoms with Crippen molar-refractivity contribution in [1.29, 1.82) is 0 Å². The van der Waals surface area contributed by atoms with Gasteiger partial charge in [-0.25, -0.2) is 0 Å². The molecule has 9 rings (SSSR count). The van der Waals surface area contributed by atoms with Crippen LogP contribution in [0.4, 0.5) is 0 Å². The minimum absolute atomic E-state index is 1.22. The summed E-state index contributed by atoms with van der Waals surface area (Å²) in [6, 6.07) is 76.3. The average molecular weight is 639 g/mol. The lowest BCUT2D eigenvalue weighted by molar-refractivity contribution is 1.60. The fourth-order valence-electron chi connectivity index (χ4n) is 7.94. The lowest BCUT2D eigenvalue weighted by Crippen LogP contribution is -2.74. The van der Waals surface area contributed by atoms with E-state index in [1.807, 2.05) is 0 Å². The van der Waals surface area contributed by atoms with Crippen LogP contribution in [0.1, 0.15) is 0 Å². The van der Waals surface area contributed by atoms with Crippen molar-refractivity contribution < 1.29 is 0 Å². The smallest absolute Gasteiger partial charge is 0.0623 e. The average Bonchev–Trinajstić information content (AvgIpc) is 3.20. The van der Waals surface area contributed by atoms with Gasteiger partial charge in [-0.3, -0.25) is 0 Å². The highest BCUT2D eigenvalue weighted by Gasteiger charge is 2.41. The summed E-state index contributed by atoms with van der Waals surface area (Å²) >= 11 is 0. The Morgan fingerprint density at radius 2 is 0.551 bits per heavy atom. The number of rotatable bonds is 6. The molecule has 230 valence electrons. The predicted molar refractivity (Wildman–Crippen MR) is 213 cm³/mol. The molecular weight excluding hydrogens is 605 g/mol. The van der Waals surface area contributed by atoms with E-state index in [0.29, 0.717) is 0 Å². The van der Waals surface area contributed by atoms with Crippen LogP contribution in [-0.4, -0.2) is 8.07 Å². The van der Waals surface area contributed by atoms with Gasteiger partial charge in [-0.15, -0.1) is 0 Å². The van der Waals surface area contributed by atoms with E-state index in [1.165, 1.54) is 75.3 Å². The molecule has 0 aromatic heterocycles. The van der Waals surface area contributed by atoms with Crippen LogP contribution in [0.5, 0.6) is 0 Å². The van der Waals surface area contributed by atoms with E-state index in [0.717, 1.165) is 0 Å². The largest absolute Gasteiger partial charge is 0.179 e. The van der Waals surface area contributed by atoms with E-state index in [1.54, 1.807) is 0 Å². The Labute approximate surface area is 288 Å². The maximum atomic E-state index is 2.38. The van der Waals surface area contributed by atoms with Gasteiger partial charge in [0.25, 0.3) is 0 Å². The molecule has 0 bridgehead atoms. The van der Waals surface area contributed by atoms with Crippen molar-refractivity contribution in [3.63, 3.8) is 0 Å². The zero-order valence-electron chi connectivity index (χ0n) is 27.1. The minimum atomic E-state index is -2.56. The fourth-order valence-corrected chi connectivity index (χ4v) is 12.7. The standard InChI is InChI=1S/C48H34Si/c1-4-17-39(18-5-1)49(40-19-6-2-7-20-40,41-21-8-3-9-22-41)42-30-27-35(28-31-42)36-15-14-16-37(33-36)38-29-32-47-45-25-11-10-23-43(45)44-24-12-13-26-46(44)48(47)34-38/h1-34H. The topological polar surface area (TPSA) is 0 Å². The van der Waals surface area contributed by atoms with Gasteiger partial charge in [0.15, 0.2) is 8.07 Å². The molecular formula is C48H34Si. The first-order chi connectivity index (χ1) is 24.3. The Hall–Kier alpha value is -6.02. The van der Waals surface area contributed by atoms with E-state index in [9.17, 15) is 0 Å². The van der Waals surface area contributed by atoms with E-state index in [2.05, 4.69) is 206 Å². The van der Waals surface area contributed by atoms with Crippen LogP contribution in [0, 0.1) is 0 Å². The first kappa shape index (κ1) is 29.1. The normalized spacial score (nSPS) is 11.7. The zero-order chi connectivity index (χ0) is 32.6. The van der Waals surface area contributed by atoms with Crippen LogP contribution in [-0.2, 0) is 0 Å². The van der Waals surface area contributed by atoms with Gasteiger partial charge in [-0.05, 0) is 87.5 Å². The van der Waals surface area contributed by atoms with Crippen molar-refractivity contribution in [2.45, 2.75) is 0 Å². The van der Waals surface area contributed by atoms with Crippen LogP contribution in [0.2, 0.25) is 0 Å². The Bertz CT molecular complexity index is 2440. The third kappa shape index (κ3) is 4.90. The molecule has 0 nitrogen and oxygen atoms in total. The predicted octanol–water partition coefficient (Wildman–Crippen LogP) is 9.86. The summed E-state index contributed by atoms with van der Waals surface area (Å²) < 4.78 is 0. The Kier molecular flexibility index (Phi) is 7.26. The highest BCUT2D eigenvalue weighted by molar-refractivity contribution is 7.19. The van der Waals surface area contributed by atoms with Gasteiger partial charge in [0.05, 0.1) is 0 Å². The number of benzene rings is 9. The highest BCUT2D eigenvalue weighted by atomic mass is 28.3. The van der Waals surface area contributed by atoms with Gasteiger partial charge in [0.1, 0.15) is 0 Å². The maximum Gasteiger partial charge on any atom is 0.179 e.